The van der Waals surface area contributed by atoms with Crippen LogP contribution >= 0.6 is 11.6 Å². The van der Waals surface area contributed by atoms with Crippen LogP contribution in [0, 0.1) is 12.7 Å². The van der Waals surface area contributed by atoms with Gasteiger partial charge in [0.25, 0.3) is 0 Å². The second-order valence-corrected chi connectivity index (χ2v) is 7.06. The number of piperidine rings is 1. The highest BCUT2D eigenvalue weighted by atomic mass is 35.5. The van der Waals surface area contributed by atoms with Crippen molar-refractivity contribution in [2.24, 2.45) is 0 Å². The molecule has 2 heterocycles. The second-order valence-electron chi connectivity index (χ2n) is 6.65. The number of likely N-dealkylation sites (tertiary alicyclic amines) is 1. The van der Waals surface area contributed by atoms with Gasteiger partial charge in [-0.05, 0) is 31.4 Å². The summed E-state index contributed by atoms with van der Waals surface area (Å²) in [6.07, 6.45) is 1.69. The summed E-state index contributed by atoms with van der Waals surface area (Å²) in [5.41, 5.74) is 0.946. The number of hydrogen-bond acceptors (Lipinski definition) is 3. The van der Waals surface area contributed by atoms with E-state index < -0.39 is 0 Å². The van der Waals surface area contributed by atoms with Crippen LogP contribution in [0.3, 0.4) is 0 Å². The predicted molar refractivity (Wildman–Crippen MR) is 87.0 cm³/mol. The highest BCUT2D eigenvalue weighted by Gasteiger charge is 2.41. The van der Waals surface area contributed by atoms with Crippen molar-refractivity contribution in [2.75, 3.05) is 33.3 Å². The molecule has 0 atom stereocenters. The van der Waals surface area contributed by atoms with Gasteiger partial charge in [0.15, 0.2) is 0 Å². The number of ether oxygens (including phenoxy) is 1. The number of nitrogens with zero attached hydrogens (tertiary/aromatic N) is 2. The molecule has 0 aliphatic carbocycles. The van der Waals surface area contributed by atoms with Crippen LogP contribution in [0.4, 0.5) is 4.39 Å². The maximum atomic E-state index is 14.3. The van der Waals surface area contributed by atoms with Gasteiger partial charge in [0.1, 0.15) is 12.4 Å². The molecule has 1 aromatic rings. The first-order chi connectivity index (χ1) is 10.9. The van der Waals surface area contributed by atoms with Gasteiger partial charge >= 0.3 is 0 Å². The number of aryl methyl sites for hydroxylation is 1. The minimum Gasteiger partial charge on any atom is -0.363 e. The van der Waals surface area contributed by atoms with Crippen LogP contribution in [0.25, 0.3) is 0 Å². The first-order valence-corrected chi connectivity index (χ1v) is 8.32. The molecule has 23 heavy (non-hydrogen) atoms. The van der Waals surface area contributed by atoms with Gasteiger partial charge in [-0.3, -0.25) is 9.69 Å². The molecule has 2 fully saturated rings. The summed E-state index contributed by atoms with van der Waals surface area (Å²) in [4.78, 5) is 15.5. The number of hydrogen-bond donors (Lipinski definition) is 0. The molecule has 126 valence electrons. The Morgan fingerprint density at radius 1 is 1.35 bits per heavy atom. The summed E-state index contributed by atoms with van der Waals surface area (Å²) < 4.78 is 20.1. The molecule has 4 nitrogen and oxygen atoms in total. The number of amides is 1. The summed E-state index contributed by atoms with van der Waals surface area (Å²) in [5, 5.41) is 0.479. The Morgan fingerprint density at radius 3 is 2.70 bits per heavy atom. The molecule has 2 aliphatic rings. The van der Waals surface area contributed by atoms with E-state index in [4.69, 9.17) is 16.3 Å². The molecular weight excluding hydrogens is 319 g/mol. The van der Waals surface area contributed by atoms with Crippen molar-refractivity contribution in [2.45, 2.75) is 31.9 Å². The van der Waals surface area contributed by atoms with Crippen LogP contribution in [0.15, 0.2) is 12.1 Å². The lowest BCUT2D eigenvalue weighted by Gasteiger charge is -2.46. The summed E-state index contributed by atoms with van der Waals surface area (Å²) in [6, 6.07) is 3.46. The summed E-state index contributed by atoms with van der Waals surface area (Å²) in [6.45, 7) is 4.69. The van der Waals surface area contributed by atoms with E-state index in [9.17, 15) is 9.18 Å². The van der Waals surface area contributed by atoms with E-state index in [1.807, 2.05) is 7.05 Å². The maximum absolute atomic E-state index is 14.3. The number of benzene rings is 1. The first kappa shape index (κ1) is 16.7. The van der Waals surface area contributed by atoms with Gasteiger partial charge in [0.05, 0.1) is 5.60 Å². The van der Waals surface area contributed by atoms with E-state index in [1.165, 1.54) is 0 Å². The fraction of sp³-hybridized carbons (Fsp3) is 0.588. The molecule has 1 amide bonds. The van der Waals surface area contributed by atoms with Crippen LogP contribution in [0.2, 0.25) is 5.02 Å². The van der Waals surface area contributed by atoms with Gasteiger partial charge in [0, 0.05) is 43.8 Å². The monoisotopic (exact) mass is 340 g/mol. The van der Waals surface area contributed by atoms with E-state index >= 15 is 0 Å². The van der Waals surface area contributed by atoms with E-state index in [1.54, 1.807) is 24.0 Å². The second kappa shape index (κ2) is 6.38. The lowest BCUT2D eigenvalue weighted by Crippen LogP contribution is -2.57. The zero-order chi connectivity index (χ0) is 16.6. The smallest absolute Gasteiger partial charge is 0.248 e. The van der Waals surface area contributed by atoms with Crippen molar-refractivity contribution >= 4 is 17.5 Å². The lowest BCUT2D eigenvalue weighted by molar-refractivity contribution is -0.169. The topological polar surface area (TPSA) is 32.8 Å². The molecular formula is C17H22ClFN2O2. The Kier molecular flexibility index (Phi) is 4.63. The van der Waals surface area contributed by atoms with E-state index in [-0.39, 0.29) is 23.9 Å². The average Bonchev–Trinajstić information content (AvgIpc) is 2.54. The molecule has 0 aromatic heterocycles. The van der Waals surface area contributed by atoms with Gasteiger partial charge in [-0.25, -0.2) is 4.39 Å². The molecule has 1 spiro atoms. The Bertz CT molecular complexity index is 615. The SMILES string of the molecule is Cc1ccc(Cl)c(CN2CCC3(CC2)CN(C)C(=O)CO3)c1F. The third-order valence-corrected chi connectivity index (χ3v) is 5.34. The van der Waals surface area contributed by atoms with Gasteiger partial charge in [-0.2, -0.15) is 0 Å². The van der Waals surface area contributed by atoms with Gasteiger partial charge in [-0.1, -0.05) is 17.7 Å². The van der Waals surface area contributed by atoms with Crippen molar-refractivity contribution in [3.63, 3.8) is 0 Å². The van der Waals surface area contributed by atoms with Crippen molar-refractivity contribution < 1.29 is 13.9 Å². The quantitative estimate of drug-likeness (QED) is 0.829. The molecule has 2 saturated heterocycles. The summed E-state index contributed by atoms with van der Waals surface area (Å²) in [5.74, 6) is -0.177. The van der Waals surface area contributed by atoms with Gasteiger partial charge in [-0.15, -0.1) is 0 Å². The fourth-order valence-corrected chi connectivity index (χ4v) is 3.60. The van der Waals surface area contributed by atoms with E-state index in [0.29, 0.717) is 29.2 Å². The van der Waals surface area contributed by atoms with Crippen LogP contribution in [0.1, 0.15) is 24.0 Å². The normalized spacial score (nSPS) is 21.9. The summed E-state index contributed by atoms with van der Waals surface area (Å²) >= 11 is 6.16. The Balaban J connectivity index is 1.64. The maximum Gasteiger partial charge on any atom is 0.248 e. The minimum atomic E-state index is -0.242. The predicted octanol–water partition coefficient (Wildman–Crippen LogP) is 2.61. The van der Waals surface area contributed by atoms with Crippen molar-refractivity contribution in [1.29, 1.82) is 0 Å². The zero-order valence-corrected chi connectivity index (χ0v) is 14.3. The lowest BCUT2D eigenvalue weighted by atomic mass is 9.89. The Labute approximate surface area is 141 Å². The number of likely N-dealkylation sites (N-methyl/N-ethyl adjacent to an activating group) is 1. The average molecular weight is 341 g/mol. The summed E-state index contributed by atoms with van der Waals surface area (Å²) in [7, 11) is 1.82. The molecule has 0 bridgehead atoms. The van der Waals surface area contributed by atoms with E-state index in [2.05, 4.69) is 4.90 Å². The fourth-order valence-electron chi connectivity index (χ4n) is 3.40. The zero-order valence-electron chi connectivity index (χ0n) is 13.6. The van der Waals surface area contributed by atoms with Gasteiger partial charge < -0.3 is 9.64 Å². The van der Waals surface area contributed by atoms with Crippen LogP contribution < -0.4 is 0 Å². The highest BCUT2D eigenvalue weighted by molar-refractivity contribution is 6.31. The van der Waals surface area contributed by atoms with Crippen LogP contribution in [-0.2, 0) is 16.1 Å². The molecule has 2 aliphatic heterocycles. The molecule has 0 radical (unpaired) electrons. The number of morpholine rings is 1. The Hall–Kier alpha value is -1.17. The minimum absolute atomic E-state index is 0.0340. The van der Waals surface area contributed by atoms with Crippen molar-refractivity contribution in [1.82, 2.24) is 9.80 Å². The first-order valence-electron chi connectivity index (χ1n) is 7.94. The van der Waals surface area contributed by atoms with Crippen molar-refractivity contribution in [3.8, 4) is 0 Å². The van der Waals surface area contributed by atoms with Gasteiger partial charge in [0.2, 0.25) is 5.91 Å². The van der Waals surface area contributed by atoms with Crippen LogP contribution in [-0.4, -0.2) is 54.6 Å². The molecule has 6 heteroatoms. The number of halogens is 2. The van der Waals surface area contributed by atoms with Crippen LogP contribution in [0.5, 0.6) is 0 Å². The molecule has 3 rings (SSSR count). The number of carbonyl (C=O) groups excluding carboxylic acids is 1. The largest absolute Gasteiger partial charge is 0.363 e. The Morgan fingerprint density at radius 2 is 2.04 bits per heavy atom. The standard InChI is InChI=1S/C17H22ClFN2O2/c1-12-3-4-14(18)13(16(12)19)9-21-7-5-17(6-8-21)11-20(2)15(22)10-23-17/h3-4H,5-11H2,1-2H3. The third kappa shape index (κ3) is 3.37. The van der Waals surface area contributed by atoms with Crippen molar-refractivity contribution in [3.05, 3.63) is 34.1 Å². The molecule has 0 N–H and O–H groups in total. The molecule has 1 aromatic carbocycles. The highest BCUT2D eigenvalue weighted by Crippen LogP contribution is 2.32. The van der Waals surface area contributed by atoms with E-state index in [0.717, 1.165) is 25.9 Å². The number of rotatable bonds is 2. The number of carbonyl (C=O) groups is 1. The molecule has 0 unspecified atom stereocenters. The third-order valence-electron chi connectivity index (χ3n) is 4.98. The molecule has 0 saturated carbocycles.